The van der Waals surface area contributed by atoms with Crippen LogP contribution >= 0.6 is 11.3 Å². The van der Waals surface area contributed by atoms with Crippen molar-refractivity contribution in [1.29, 1.82) is 0 Å². The third kappa shape index (κ3) is 3.22. The maximum atomic E-state index is 12.9. The minimum absolute atomic E-state index is 0.0575. The zero-order valence-electron chi connectivity index (χ0n) is 14.1. The molecule has 0 unspecified atom stereocenters. The van der Waals surface area contributed by atoms with Crippen LogP contribution in [0, 0.1) is 0 Å². The first-order valence-corrected chi connectivity index (χ1v) is 9.29. The van der Waals surface area contributed by atoms with Crippen LogP contribution in [0.15, 0.2) is 24.3 Å². The molecule has 1 aliphatic rings. The van der Waals surface area contributed by atoms with Gasteiger partial charge in [0.1, 0.15) is 5.00 Å². The van der Waals surface area contributed by atoms with Crippen LogP contribution < -0.4 is 10.6 Å². The van der Waals surface area contributed by atoms with Gasteiger partial charge in [-0.15, -0.1) is 11.3 Å². The molecule has 1 aromatic carbocycles. The summed E-state index contributed by atoms with van der Waals surface area (Å²) in [7, 11) is 0. The topological polar surface area (TPSA) is 58.2 Å². The van der Waals surface area contributed by atoms with Crippen LogP contribution in [-0.2, 0) is 24.1 Å². The fourth-order valence-corrected chi connectivity index (χ4v) is 4.39. The Morgan fingerprint density at radius 2 is 1.92 bits per heavy atom. The molecule has 0 saturated carbocycles. The van der Waals surface area contributed by atoms with Gasteiger partial charge in [0.2, 0.25) is 5.91 Å². The van der Waals surface area contributed by atoms with Crippen molar-refractivity contribution in [3.63, 3.8) is 0 Å². The zero-order chi connectivity index (χ0) is 17.1. The molecular weight excluding hydrogens is 320 g/mol. The maximum Gasteiger partial charge on any atom is 0.258 e. The van der Waals surface area contributed by atoms with Crippen LogP contribution in [0.2, 0.25) is 0 Å². The van der Waals surface area contributed by atoms with Crippen molar-refractivity contribution in [2.45, 2.75) is 46.0 Å². The van der Waals surface area contributed by atoms with Crippen molar-refractivity contribution >= 4 is 33.8 Å². The van der Waals surface area contributed by atoms with Gasteiger partial charge in [-0.2, -0.15) is 0 Å². The quantitative estimate of drug-likeness (QED) is 0.846. The first-order valence-electron chi connectivity index (χ1n) is 8.47. The third-order valence-corrected chi connectivity index (χ3v) is 5.58. The average Bonchev–Trinajstić information content (AvgIpc) is 3.15. The van der Waals surface area contributed by atoms with E-state index in [9.17, 15) is 9.59 Å². The van der Waals surface area contributed by atoms with Gasteiger partial charge in [-0.3, -0.25) is 9.59 Å². The summed E-state index contributed by atoms with van der Waals surface area (Å²) in [5.74, 6) is -0.181. The first-order chi connectivity index (χ1) is 11.6. The van der Waals surface area contributed by atoms with E-state index in [4.69, 9.17) is 0 Å². The van der Waals surface area contributed by atoms with E-state index in [-0.39, 0.29) is 11.8 Å². The molecule has 0 spiro atoms. The molecule has 1 aliphatic carbocycles. The normalized spacial score (nSPS) is 12.8. The number of fused-ring (bicyclic) bond motifs is 1. The number of amides is 2. The first kappa shape index (κ1) is 16.7. The Balaban J connectivity index is 1.92. The van der Waals surface area contributed by atoms with Gasteiger partial charge in [-0.25, -0.2) is 0 Å². The number of benzene rings is 1. The summed E-state index contributed by atoms with van der Waals surface area (Å²) in [5.41, 5.74) is 3.71. The summed E-state index contributed by atoms with van der Waals surface area (Å²) >= 11 is 1.55. The van der Waals surface area contributed by atoms with Crippen molar-refractivity contribution < 1.29 is 9.59 Å². The van der Waals surface area contributed by atoms with Crippen molar-refractivity contribution in [2.24, 2.45) is 0 Å². The number of carbonyl (C=O) groups is 2. The summed E-state index contributed by atoms with van der Waals surface area (Å²) in [6, 6.07) is 7.84. The standard InChI is InChI=1S/C19H22N2O2S/c1-3-12-8-5-6-10-14(12)20-18(23)17-13-9-7-11-15(13)24-19(17)21-16(22)4-2/h5-6,8,10H,3-4,7,9,11H2,1-2H3,(H,20,23)(H,21,22). The van der Waals surface area contributed by atoms with Crippen molar-refractivity contribution in [3.8, 4) is 0 Å². The molecule has 4 nitrogen and oxygen atoms in total. The second-order valence-electron chi connectivity index (χ2n) is 5.93. The van der Waals surface area contributed by atoms with E-state index in [0.29, 0.717) is 17.0 Å². The number of aryl methyl sites for hydroxylation is 2. The lowest BCUT2D eigenvalue weighted by Crippen LogP contribution is -2.18. The number of thiophene rings is 1. The highest BCUT2D eigenvalue weighted by atomic mass is 32.1. The van der Waals surface area contributed by atoms with Gasteiger partial charge >= 0.3 is 0 Å². The SMILES string of the molecule is CCC(=O)Nc1sc2c(c1C(=O)Nc1ccccc1CC)CCC2. The number of para-hydroxylation sites is 1. The average molecular weight is 342 g/mol. The lowest BCUT2D eigenvalue weighted by molar-refractivity contribution is -0.115. The Morgan fingerprint density at radius 3 is 2.67 bits per heavy atom. The van der Waals surface area contributed by atoms with E-state index in [0.717, 1.165) is 42.5 Å². The highest BCUT2D eigenvalue weighted by molar-refractivity contribution is 7.17. The number of hydrogen-bond donors (Lipinski definition) is 2. The largest absolute Gasteiger partial charge is 0.322 e. The van der Waals surface area contributed by atoms with Crippen LogP contribution in [0.25, 0.3) is 0 Å². The molecule has 1 heterocycles. The zero-order valence-corrected chi connectivity index (χ0v) is 14.9. The van der Waals surface area contributed by atoms with Crippen LogP contribution in [0.1, 0.15) is 53.1 Å². The molecular formula is C19H22N2O2S. The number of rotatable bonds is 5. The van der Waals surface area contributed by atoms with Crippen LogP contribution in [0.4, 0.5) is 10.7 Å². The van der Waals surface area contributed by atoms with Gasteiger partial charge in [0.25, 0.3) is 5.91 Å². The molecule has 126 valence electrons. The van der Waals surface area contributed by atoms with E-state index in [2.05, 4.69) is 17.6 Å². The summed E-state index contributed by atoms with van der Waals surface area (Å²) in [4.78, 5) is 26.0. The second-order valence-corrected chi connectivity index (χ2v) is 7.03. The smallest absolute Gasteiger partial charge is 0.258 e. The van der Waals surface area contributed by atoms with Crippen LogP contribution in [0.5, 0.6) is 0 Å². The third-order valence-electron chi connectivity index (χ3n) is 4.37. The lowest BCUT2D eigenvalue weighted by atomic mass is 10.1. The number of anilines is 2. The molecule has 0 fully saturated rings. The maximum absolute atomic E-state index is 12.9. The molecule has 0 atom stereocenters. The molecule has 0 saturated heterocycles. The molecule has 2 aromatic rings. The molecule has 0 radical (unpaired) electrons. The number of nitrogens with one attached hydrogen (secondary N) is 2. The van der Waals surface area contributed by atoms with Crippen molar-refractivity contribution in [3.05, 3.63) is 45.8 Å². The summed E-state index contributed by atoms with van der Waals surface area (Å²) in [5, 5.41) is 6.64. The Bertz CT molecular complexity index is 780. The van der Waals surface area contributed by atoms with E-state index in [1.54, 1.807) is 11.3 Å². The molecule has 5 heteroatoms. The fourth-order valence-electron chi connectivity index (χ4n) is 3.08. The van der Waals surface area contributed by atoms with Gasteiger partial charge in [0, 0.05) is 17.0 Å². The van der Waals surface area contributed by atoms with Crippen molar-refractivity contribution in [2.75, 3.05) is 10.6 Å². The minimum atomic E-state index is -0.123. The summed E-state index contributed by atoms with van der Waals surface area (Å²) in [6.45, 7) is 3.88. The van der Waals surface area contributed by atoms with Gasteiger partial charge in [0.15, 0.2) is 0 Å². The van der Waals surface area contributed by atoms with E-state index in [1.165, 1.54) is 4.88 Å². The molecule has 2 amide bonds. The molecule has 0 aliphatic heterocycles. The van der Waals surface area contributed by atoms with E-state index < -0.39 is 0 Å². The van der Waals surface area contributed by atoms with Crippen molar-refractivity contribution in [1.82, 2.24) is 0 Å². The van der Waals surface area contributed by atoms with Gasteiger partial charge in [-0.1, -0.05) is 32.0 Å². The van der Waals surface area contributed by atoms with Gasteiger partial charge < -0.3 is 10.6 Å². The lowest BCUT2D eigenvalue weighted by Gasteiger charge is -2.12. The Kier molecular flexibility index (Phi) is 5.00. The molecule has 2 N–H and O–H groups in total. The van der Waals surface area contributed by atoms with E-state index in [1.807, 2.05) is 31.2 Å². The van der Waals surface area contributed by atoms with Crippen LogP contribution in [0.3, 0.4) is 0 Å². The fraction of sp³-hybridized carbons (Fsp3) is 0.368. The van der Waals surface area contributed by atoms with Crippen LogP contribution in [-0.4, -0.2) is 11.8 Å². The summed E-state index contributed by atoms with van der Waals surface area (Å²) < 4.78 is 0. The van der Waals surface area contributed by atoms with Gasteiger partial charge in [0.05, 0.1) is 5.56 Å². The Morgan fingerprint density at radius 1 is 1.12 bits per heavy atom. The molecule has 1 aromatic heterocycles. The summed E-state index contributed by atoms with van der Waals surface area (Å²) in [6.07, 6.45) is 4.24. The predicted octanol–water partition coefficient (Wildman–Crippen LogP) is 4.40. The minimum Gasteiger partial charge on any atom is -0.322 e. The molecule has 0 bridgehead atoms. The predicted molar refractivity (Wildman–Crippen MR) is 99.0 cm³/mol. The second kappa shape index (κ2) is 7.18. The van der Waals surface area contributed by atoms with Gasteiger partial charge in [-0.05, 0) is 42.9 Å². The molecule has 24 heavy (non-hydrogen) atoms. The molecule has 3 rings (SSSR count). The van der Waals surface area contributed by atoms with E-state index >= 15 is 0 Å². The monoisotopic (exact) mass is 342 g/mol. The highest BCUT2D eigenvalue weighted by Crippen LogP contribution is 2.39. The Hall–Kier alpha value is -2.14. The number of hydrogen-bond acceptors (Lipinski definition) is 3. The number of carbonyl (C=O) groups excluding carboxylic acids is 2. The highest BCUT2D eigenvalue weighted by Gasteiger charge is 2.27. The Labute approximate surface area is 146 Å².